The van der Waals surface area contributed by atoms with Crippen molar-refractivity contribution in [3.63, 3.8) is 0 Å². The summed E-state index contributed by atoms with van der Waals surface area (Å²) in [6.45, 7) is 2.29. The third-order valence-corrected chi connectivity index (χ3v) is 4.09. The first-order valence-corrected chi connectivity index (χ1v) is 6.78. The van der Waals surface area contributed by atoms with Crippen LogP contribution in [-0.4, -0.2) is 4.98 Å². The second kappa shape index (κ2) is 5.47. The number of aromatic nitrogens is 1. The van der Waals surface area contributed by atoms with Crippen molar-refractivity contribution < 1.29 is 0 Å². The van der Waals surface area contributed by atoms with Crippen LogP contribution in [0, 0.1) is 0 Å². The lowest BCUT2D eigenvalue weighted by molar-refractivity contribution is 0.267. The zero-order chi connectivity index (χ0) is 11.3. The first-order valence-electron chi connectivity index (χ1n) is 6.78. The minimum Gasteiger partial charge on any atom is -0.264 e. The Morgan fingerprint density at radius 3 is 2.69 bits per heavy atom. The summed E-state index contributed by atoms with van der Waals surface area (Å²) >= 11 is 0. The number of pyridine rings is 1. The molecule has 1 heteroatoms. The summed E-state index contributed by atoms with van der Waals surface area (Å²) in [6, 6.07) is 4.38. The zero-order valence-corrected chi connectivity index (χ0v) is 10.4. The van der Waals surface area contributed by atoms with Gasteiger partial charge in [-0.3, -0.25) is 4.98 Å². The molecule has 0 bridgehead atoms. The predicted molar refractivity (Wildman–Crippen MR) is 68.5 cm³/mol. The van der Waals surface area contributed by atoms with Crippen LogP contribution in [0.4, 0.5) is 0 Å². The summed E-state index contributed by atoms with van der Waals surface area (Å²) < 4.78 is 0. The van der Waals surface area contributed by atoms with Gasteiger partial charge < -0.3 is 0 Å². The van der Waals surface area contributed by atoms with E-state index in [1.165, 1.54) is 56.9 Å². The minimum absolute atomic E-state index is 0.461. The Hall–Kier alpha value is -0.850. The molecule has 0 atom stereocenters. The maximum atomic E-state index is 4.31. The van der Waals surface area contributed by atoms with E-state index in [9.17, 15) is 0 Å². The lowest BCUT2D eigenvalue weighted by Gasteiger charge is -2.37. The second-order valence-corrected chi connectivity index (χ2v) is 5.19. The molecular weight excluding hydrogens is 194 g/mol. The largest absolute Gasteiger partial charge is 0.264 e. The van der Waals surface area contributed by atoms with Crippen LogP contribution in [0.5, 0.6) is 0 Å². The molecule has 0 radical (unpaired) electrons. The molecule has 1 fully saturated rings. The Morgan fingerprint density at radius 2 is 2.06 bits per heavy atom. The fraction of sp³-hybridized carbons (Fsp3) is 0.667. The van der Waals surface area contributed by atoms with E-state index in [0.717, 1.165) is 0 Å². The summed E-state index contributed by atoms with van der Waals surface area (Å²) in [6.07, 6.45) is 15.0. The highest BCUT2D eigenvalue weighted by Gasteiger charge is 2.33. The van der Waals surface area contributed by atoms with E-state index in [4.69, 9.17) is 0 Å². The third-order valence-electron chi connectivity index (χ3n) is 4.09. The van der Waals surface area contributed by atoms with Gasteiger partial charge in [0.05, 0.1) is 0 Å². The number of hydrogen-bond donors (Lipinski definition) is 0. The van der Waals surface area contributed by atoms with Gasteiger partial charge in [0.25, 0.3) is 0 Å². The number of unbranched alkanes of at least 4 members (excludes halogenated alkanes) is 1. The van der Waals surface area contributed by atoms with E-state index < -0.39 is 0 Å². The lowest BCUT2D eigenvalue weighted by atomic mass is 9.67. The van der Waals surface area contributed by atoms with Gasteiger partial charge in [-0.15, -0.1) is 0 Å². The number of nitrogens with zero attached hydrogens (tertiary/aromatic N) is 1. The van der Waals surface area contributed by atoms with Crippen LogP contribution in [0.2, 0.25) is 0 Å². The van der Waals surface area contributed by atoms with Crippen molar-refractivity contribution in [2.24, 2.45) is 0 Å². The molecule has 0 unspecified atom stereocenters. The lowest BCUT2D eigenvalue weighted by Crippen LogP contribution is -2.29. The molecule has 88 valence electrons. The van der Waals surface area contributed by atoms with Crippen LogP contribution < -0.4 is 0 Å². The third kappa shape index (κ3) is 2.45. The van der Waals surface area contributed by atoms with Gasteiger partial charge >= 0.3 is 0 Å². The Bertz CT molecular complexity index is 298. The molecular formula is C15H23N. The molecule has 1 heterocycles. The topological polar surface area (TPSA) is 12.9 Å². The molecule has 1 aliphatic rings. The van der Waals surface area contributed by atoms with Crippen LogP contribution in [0.15, 0.2) is 24.5 Å². The van der Waals surface area contributed by atoms with Crippen molar-refractivity contribution >= 4 is 0 Å². The molecule has 2 rings (SSSR count). The van der Waals surface area contributed by atoms with E-state index in [1.54, 1.807) is 0 Å². The molecule has 0 spiro atoms. The second-order valence-electron chi connectivity index (χ2n) is 5.19. The monoisotopic (exact) mass is 217 g/mol. The predicted octanol–water partition coefficient (Wildman–Crippen LogP) is 4.47. The molecule has 0 saturated heterocycles. The minimum atomic E-state index is 0.461. The molecule has 0 aliphatic heterocycles. The maximum absolute atomic E-state index is 4.31. The van der Waals surface area contributed by atoms with Crippen molar-refractivity contribution in [2.75, 3.05) is 0 Å². The van der Waals surface area contributed by atoms with E-state index in [-0.39, 0.29) is 0 Å². The zero-order valence-electron chi connectivity index (χ0n) is 10.4. The molecule has 1 nitrogen and oxygen atoms in total. The summed E-state index contributed by atoms with van der Waals surface area (Å²) in [7, 11) is 0. The van der Waals surface area contributed by atoms with Crippen molar-refractivity contribution in [1.29, 1.82) is 0 Å². The Kier molecular flexibility index (Phi) is 3.98. The van der Waals surface area contributed by atoms with Crippen molar-refractivity contribution in [2.45, 2.75) is 63.7 Å². The first kappa shape index (κ1) is 11.6. The van der Waals surface area contributed by atoms with Crippen molar-refractivity contribution in [3.8, 4) is 0 Å². The highest BCUT2D eigenvalue weighted by Crippen LogP contribution is 2.42. The van der Waals surface area contributed by atoms with Gasteiger partial charge in [-0.1, -0.05) is 45.1 Å². The van der Waals surface area contributed by atoms with E-state index in [1.807, 2.05) is 6.20 Å². The molecule has 1 aromatic rings. The highest BCUT2D eigenvalue weighted by atomic mass is 14.6. The Morgan fingerprint density at radius 1 is 1.25 bits per heavy atom. The fourth-order valence-electron chi connectivity index (χ4n) is 3.10. The molecule has 0 aromatic carbocycles. The Labute approximate surface area is 99.3 Å². The van der Waals surface area contributed by atoms with Gasteiger partial charge in [0.15, 0.2) is 0 Å². The first-order chi connectivity index (χ1) is 7.87. The van der Waals surface area contributed by atoms with Gasteiger partial charge in [0, 0.05) is 12.4 Å². The van der Waals surface area contributed by atoms with Crippen LogP contribution in [-0.2, 0) is 5.41 Å². The quantitative estimate of drug-likeness (QED) is 0.725. The number of hydrogen-bond acceptors (Lipinski definition) is 1. The smallest absolute Gasteiger partial charge is 0.0305 e. The van der Waals surface area contributed by atoms with Crippen molar-refractivity contribution in [1.82, 2.24) is 4.98 Å². The van der Waals surface area contributed by atoms with Crippen LogP contribution in [0.3, 0.4) is 0 Å². The normalized spacial score (nSPS) is 19.6. The fourth-order valence-corrected chi connectivity index (χ4v) is 3.10. The molecule has 0 amide bonds. The molecule has 0 N–H and O–H groups in total. The molecule has 16 heavy (non-hydrogen) atoms. The van der Waals surface area contributed by atoms with Gasteiger partial charge in [-0.2, -0.15) is 0 Å². The maximum Gasteiger partial charge on any atom is 0.0305 e. The van der Waals surface area contributed by atoms with E-state index in [2.05, 4.69) is 30.2 Å². The Balaban J connectivity index is 2.19. The van der Waals surface area contributed by atoms with Gasteiger partial charge in [0.1, 0.15) is 0 Å². The van der Waals surface area contributed by atoms with Crippen LogP contribution in [0.25, 0.3) is 0 Å². The summed E-state index contributed by atoms with van der Waals surface area (Å²) in [4.78, 5) is 4.31. The molecule has 1 aromatic heterocycles. The summed E-state index contributed by atoms with van der Waals surface area (Å²) in [5.41, 5.74) is 1.95. The molecule has 1 saturated carbocycles. The van der Waals surface area contributed by atoms with Gasteiger partial charge in [-0.25, -0.2) is 0 Å². The summed E-state index contributed by atoms with van der Waals surface area (Å²) in [5, 5.41) is 0. The van der Waals surface area contributed by atoms with Gasteiger partial charge in [-0.05, 0) is 36.3 Å². The average molecular weight is 217 g/mol. The summed E-state index contributed by atoms with van der Waals surface area (Å²) in [5.74, 6) is 0. The SMILES string of the molecule is CCCCC1(c2cccnc2)CCCCC1. The van der Waals surface area contributed by atoms with E-state index in [0.29, 0.717) is 5.41 Å². The van der Waals surface area contributed by atoms with Gasteiger partial charge in [0.2, 0.25) is 0 Å². The highest BCUT2D eigenvalue weighted by molar-refractivity contribution is 5.22. The number of rotatable bonds is 4. The van der Waals surface area contributed by atoms with Crippen LogP contribution in [0.1, 0.15) is 63.9 Å². The van der Waals surface area contributed by atoms with Crippen LogP contribution >= 0.6 is 0 Å². The standard InChI is InChI=1S/C15H23N/c1-2-3-9-15(10-5-4-6-11-15)14-8-7-12-16-13-14/h7-8,12-13H,2-6,9-11H2,1H3. The average Bonchev–Trinajstić information content (AvgIpc) is 2.38. The van der Waals surface area contributed by atoms with Crippen molar-refractivity contribution in [3.05, 3.63) is 30.1 Å². The van der Waals surface area contributed by atoms with E-state index >= 15 is 0 Å². The molecule has 1 aliphatic carbocycles.